The average Bonchev–Trinajstić information content (AvgIpc) is 2.26. The highest BCUT2D eigenvalue weighted by Crippen LogP contribution is 2.37. The lowest BCUT2D eigenvalue weighted by Gasteiger charge is -2.29. The molecule has 1 unspecified atom stereocenters. The number of hydrogen-bond donors (Lipinski definition) is 4. The molecule has 1 atom stereocenters. The van der Waals surface area contributed by atoms with Crippen molar-refractivity contribution >= 4 is 19.4 Å². The molecule has 0 aromatic rings. The third-order valence-electron chi connectivity index (χ3n) is 1.74. The van der Waals surface area contributed by atoms with Crippen LogP contribution in [-0.2, 0) is 11.0 Å². The lowest BCUT2D eigenvalue weighted by Crippen LogP contribution is -2.63. The molecule has 5 nitrogen and oxygen atoms in total. The predicted octanol–water partition coefficient (Wildman–Crippen LogP) is 1.17. The smallest absolute Gasteiger partial charge is 0.350 e. The van der Waals surface area contributed by atoms with Crippen LogP contribution in [0.1, 0.15) is 0 Å². The van der Waals surface area contributed by atoms with Crippen LogP contribution < -0.4 is 10.0 Å². The standard InChI is InChI=1S/C6H9F8N2O3PS/c7-3(8)4(9,10)16-5(11,12)6(13,14)21(19)15-1-2-20(17)18/h3,15-18H,1-2H2. The molecule has 0 heterocycles. The van der Waals surface area contributed by atoms with Crippen molar-refractivity contribution in [1.29, 1.82) is 0 Å². The second-order valence-electron chi connectivity index (χ2n) is 3.40. The zero-order valence-electron chi connectivity index (χ0n) is 9.67. The largest absolute Gasteiger partial charge is 0.410 e. The first-order valence-electron chi connectivity index (χ1n) is 4.75. The van der Waals surface area contributed by atoms with Gasteiger partial charge in [-0.15, -0.1) is 0 Å². The van der Waals surface area contributed by atoms with Gasteiger partial charge in [0.15, 0.2) is 19.4 Å². The summed E-state index contributed by atoms with van der Waals surface area (Å²) in [4.78, 5) is 16.8. The third-order valence-corrected chi connectivity index (χ3v) is 3.55. The molecule has 21 heavy (non-hydrogen) atoms. The average molecular weight is 372 g/mol. The van der Waals surface area contributed by atoms with E-state index < -0.39 is 61.2 Å². The number of halogens is 8. The summed E-state index contributed by atoms with van der Waals surface area (Å²) < 4.78 is 112. The third kappa shape index (κ3) is 5.87. The van der Waals surface area contributed by atoms with Crippen molar-refractivity contribution in [2.24, 2.45) is 0 Å². The summed E-state index contributed by atoms with van der Waals surface area (Å²) in [5.74, 6) is 0. The van der Waals surface area contributed by atoms with E-state index in [1.165, 1.54) is 4.72 Å². The first-order valence-corrected chi connectivity index (χ1v) is 7.34. The summed E-state index contributed by atoms with van der Waals surface area (Å²) in [6.07, 6.45) is -5.32. The molecule has 128 valence electrons. The molecule has 15 heteroatoms. The van der Waals surface area contributed by atoms with Crippen molar-refractivity contribution in [3.8, 4) is 0 Å². The van der Waals surface area contributed by atoms with Crippen molar-refractivity contribution in [2.75, 3.05) is 12.7 Å². The molecule has 0 aromatic heterocycles. The molecular weight excluding hydrogens is 363 g/mol. The van der Waals surface area contributed by atoms with Gasteiger partial charge in [-0.3, -0.25) is 0 Å². The van der Waals surface area contributed by atoms with E-state index in [9.17, 15) is 39.3 Å². The van der Waals surface area contributed by atoms with E-state index in [4.69, 9.17) is 9.79 Å². The van der Waals surface area contributed by atoms with Gasteiger partial charge in [0.25, 0.3) is 0 Å². The first-order chi connectivity index (χ1) is 9.24. The summed E-state index contributed by atoms with van der Waals surface area (Å²) in [6, 6.07) is -11.6. The monoisotopic (exact) mass is 372 g/mol. The van der Waals surface area contributed by atoms with Gasteiger partial charge in [-0.25, -0.2) is 17.7 Å². The predicted molar refractivity (Wildman–Crippen MR) is 56.4 cm³/mol. The highest BCUT2D eigenvalue weighted by atomic mass is 32.2. The van der Waals surface area contributed by atoms with Crippen molar-refractivity contribution < 1.29 is 49.1 Å². The van der Waals surface area contributed by atoms with Crippen molar-refractivity contribution in [3.05, 3.63) is 0 Å². The Hall–Kier alpha value is -0.140. The van der Waals surface area contributed by atoms with Crippen molar-refractivity contribution in [3.63, 3.8) is 0 Å². The molecule has 0 radical (unpaired) electrons. The van der Waals surface area contributed by atoms with Gasteiger partial charge >= 0.3 is 23.8 Å². The van der Waals surface area contributed by atoms with Crippen LogP contribution in [0.5, 0.6) is 0 Å². The second kappa shape index (κ2) is 7.42. The van der Waals surface area contributed by atoms with Gasteiger partial charge in [-0.05, 0) is 0 Å². The Labute approximate surface area is 116 Å². The minimum atomic E-state index is -5.92. The molecule has 0 aromatic carbocycles. The zero-order valence-corrected chi connectivity index (χ0v) is 11.4. The lowest BCUT2D eigenvalue weighted by atomic mass is 10.4. The zero-order chi connectivity index (χ0) is 17.1. The summed E-state index contributed by atoms with van der Waals surface area (Å²) in [6.45, 7) is -0.817. The van der Waals surface area contributed by atoms with Crippen molar-refractivity contribution in [2.45, 2.75) is 23.8 Å². The molecule has 4 N–H and O–H groups in total. The van der Waals surface area contributed by atoms with Crippen LogP contribution >= 0.6 is 8.38 Å². The van der Waals surface area contributed by atoms with Gasteiger partial charge in [0, 0.05) is 12.7 Å². The molecule has 0 bridgehead atoms. The first kappa shape index (κ1) is 20.9. The van der Waals surface area contributed by atoms with Gasteiger partial charge < -0.3 is 9.79 Å². The molecule has 0 amide bonds. The van der Waals surface area contributed by atoms with Crippen LogP contribution in [0.3, 0.4) is 0 Å². The quantitative estimate of drug-likeness (QED) is 0.278. The summed E-state index contributed by atoms with van der Waals surface area (Å²) in [5.41, 5.74) is 0. The van der Waals surface area contributed by atoms with E-state index in [2.05, 4.69) is 0 Å². The van der Waals surface area contributed by atoms with E-state index in [0.717, 1.165) is 0 Å². The van der Waals surface area contributed by atoms with E-state index in [1.807, 2.05) is 0 Å². The molecule has 0 rings (SSSR count). The molecule has 0 aliphatic rings. The fourth-order valence-electron chi connectivity index (χ4n) is 0.782. The molecule has 0 aliphatic heterocycles. The normalized spacial score (nSPS) is 15.8. The van der Waals surface area contributed by atoms with E-state index in [0.29, 0.717) is 0 Å². The van der Waals surface area contributed by atoms with Crippen LogP contribution in [-0.4, -0.2) is 50.5 Å². The SMILES string of the molecule is O=S(NCCP(O)O)C(F)(F)C(F)(F)NC(F)(F)C(F)F. The molecule has 0 aliphatic carbocycles. The van der Waals surface area contributed by atoms with Crippen LogP contribution in [0.4, 0.5) is 35.1 Å². The van der Waals surface area contributed by atoms with E-state index >= 15 is 0 Å². The maximum absolute atomic E-state index is 13.0. The highest BCUT2D eigenvalue weighted by Gasteiger charge is 2.66. The Morgan fingerprint density at radius 2 is 1.57 bits per heavy atom. The van der Waals surface area contributed by atoms with Gasteiger partial charge in [0.05, 0.1) is 0 Å². The highest BCUT2D eigenvalue weighted by molar-refractivity contribution is 7.84. The van der Waals surface area contributed by atoms with E-state index in [1.54, 1.807) is 0 Å². The Morgan fingerprint density at radius 3 is 1.95 bits per heavy atom. The van der Waals surface area contributed by atoms with Gasteiger partial charge in [-0.1, -0.05) is 0 Å². The van der Waals surface area contributed by atoms with Crippen LogP contribution in [0, 0.1) is 0 Å². The Balaban J connectivity index is 4.89. The Morgan fingerprint density at radius 1 is 1.10 bits per heavy atom. The maximum Gasteiger partial charge on any atom is 0.410 e. The minimum absolute atomic E-state index is 0.542. The van der Waals surface area contributed by atoms with Gasteiger partial charge in [0.2, 0.25) is 0 Å². The summed E-state index contributed by atoms with van der Waals surface area (Å²) in [7, 11) is -6.54. The number of alkyl halides is 8. The topological polar surface area (TPSA) is 81.6 Å². The fourth-order valence-corrected chi connectivity index (χ4v) is 2.00. The van der Waals surface area contributed by atoms with Gasteiger partial charge in [0.1, 0.15) is 0 Å². The molecule has 0 saturated carbocycles. The minimum Gasteiger partial charge on any atom is -0.350 e. The van der Waals surface area contributed by atoms with Crippen LogP contribution in [0.15, 0.2) is 0 Å². The number of rotatable bonds is 9. The summed E-state index contributed by atoms with van der Waals surface area (Å²) >= 11 is 0. The number of nitrogens with one attached hydrogen (secondary N) is 2. The second-order valence-corrected chi connectivity index (χ2v) is 5.93. The molecular formula is C6H9F8N2O3PS. The fraction of sp³-hybridized carbons (Fsp3) is 1.00. The van der Waals surface area contributed by atoms with Crippen molar-refractivity contribution in [1.82, 2.24) is 10.0 Å². The summed E-state index contributed by atoms with van der Waals surface area (Å²) in [5, 5.41) is -6.21. The van der Waals surface area contributed by atoms with Crippen LogP contribution in [0.25, 0.3) is 0 Å². The molecule has 0 fully saturated rings. The Kier molecular flexibility index (Phi) is 7.37. The van der Waals surface area contributed by atoms with Crippen LogP contribution in [0.2, 0.25) is 0 Å². The number of hydrogen-bond acceptors (Lipinski definition) is 4. The van der Waals surface area contributed by atoms with E-state index in [-0.39, 0.29) is 0 Å². The maximum atomic E-state index is 13.0. The lowest BCUT2D eigenvalue weighted by molar-refractivity contribution is -0.254. The molecule has 0 saturated heterocycles. The van der Waals surface area contributed by atoms with Gasteiger partial charge in [-0.2, -0.15) is 31.7 Å². The molecule has 0 spiro atoms. The Bertz CT molecular complexity index is 372.